The van der Waals surface area contributed by atoms with Crippen molar-refractivity contribution in [2.24, 2.45) is 0 Å². The minimum atomic E-state index is 0.987. The Balaban J connectivity index is 0. The lowest BCUT2D eigenvalue weighted by molar-refractivity contribution is 0.125. The van der Waals surface area contributed by atoms with Crippen LogP contribution in [0.2, 0.25) is 0 Å². The maximum absolute atomic E-state index is 5.65. The molecule has 0 fully saturated rings. The summed E-state index contributed by atoms with van der Waals surface area (Å²) in [4.78, 5) is 0. The summed E-state index contributed by atoms with van der Waals surface area (Å²) in [5.41, 5.74) is 0. The Kier molecular flexibility index (Phi) is 26.6. The fraction of sp³-hybridized carbons (Fsp3) is 1.00. The van der Waals surface area contributed by atoms with Crippen LogP contribution in [-0.2, 0) is 9.47 Å². The van der Waals surface area contributed by atoms with Crippen molar-refractivity contribution in [1.29, 1.82) is 0 Å². The number of hydrogen-bond acceptors (Lipinski definition) is 2. The van der Waals surface area contributed by atoms with Crippen molar-refractivity contribution in [2.45, 2.75) is 90.9 Å². The molecule has 0 saturated carbocycles. The summed E-state index contributed by atoms with van der Waals surface area (Å²) in [6, 6.07) is 0. The van der Waals surface area contributed by atoms with Gasteiger partial charge in [0.2, 0.25) is 0 Å². The normalized spacial score (nSPS) is 10.2. The van der Waals surface area contributed by atoms with Gasteiger partial charge in [0, 0.05) is 27.4 Å². The molecular weight excluding hydrogens is 248 g/mol. The fourth-order valence-electron chi connectivity index (χ4n) is 2.07. The molecular formula is C18H40O2. The van der Waals surface area contributed by atoms with E-state index in [1.54, 1.807) is 14.2 Å². The molecule has 0 aliphatic rings. The van der Waals surface area contributed by atoms with Crippen molar-refractivity contribution in [3.63, 3.8) is 0 Å². The molecule has 0 N–H and O–H groups in total. The van der Waals surface area contributed by atoms with E-state index in [1.807, 2.05) is 0 Å². The summed E-state index contributed by atoms with van der Waals surface area (Å²) < 4.78 is 9.90. The van der Waals surface area contributed by atoms with Crippen LogP contribution in [0.15, 0.2) is 0 Å². The first-order valence-electron chi connectivity index (χ1n) is 8.81. The molecule has 2 nitrogen and oxygen atoms in total. The summed E-state index contributed by atoms with van der Waals surface area (Å²) in [6.45, 7) is 6.51. The van der Waals surface area contributed by atoms with Gasteiger partial charge in [-0.25, -0.2) is 0 Å². The summed E-state index contributed by atoms with van der Waals surface area (Å²) in [5, 5.41) is 0. The zero-order valence-electron chi connectivity index (χ0n) is 14.7. The molecule has 0 saturated heterocycles. The molecule has 0 atom stereocenters. The van der Waals surface area contributed by atoms with Crippen LogP contribution in [0.25, 0.3) is 0 Å². The molecule has 20 heavy (non-hydrogen) atoms. The van der Waals surface area contributed by atoms with Gasteiger partial charge in [0.05, 0.1) is 0 Å². The third-order valence-electron chi connectivity index (χ3n) is 3.28. The predicted octanol–water partition coefficient (Wildman–Crippen LogP) is 5.99. The Morgan fingerprint density at radius 1 is 0.500 bits per heavy atom. The van der Waals surface area contributed by atoms with Gasteiger partial charge in [0.1, 0.15) is 0 Å². The molecule has 0 heterocycles. The second-order valence-corrected chi connectivity index (χ2v) is 5.56. The zero-order valence-corrected chi connectivity index (χ0v) is 14.7. The van der Waals surface area contributed by atoms with Gasteiger partial charge < -0.3 is 9.47 Å². The molecule has 0 aliphatic carbocycles. The number of hydrogen-bond donors (Lipinski definition) is 0. The van der Waals surface area contributed by atoms with Crippen LogP contribution in [0.4, 0.5) is 0 Å². The van der Waals surface area contributed by atoms with Crippen LogP contribution >= 0.6 is 0 Å². The third kappa shape index (κ3) is 26.5. The van der Waals surface area contributed by atoms with Crippen molar-refractivity contribution in [3.8, 4) is 0 Å². The van der Waals surface area contributed by atoms with Gasteiger partial charge in [-0.15, -0.1) is 0 Å². The molecule has 0 aliphatic heterocycles. The first kappa shape index (κ1) is 22.2. The van der Waals surface area contributed by atoms with Crippen LogP contribution in [0.3, 0.4) is 0 Å². The van der Waals surface area contributed by atoms with E-state index in [4.69, 9.17) is 4.74 Å². The summed E-state index contributed by atoms with van der Waals surface area (Å²) in [7, 11) is 3.25. The van der Waals surface area contributed by atoms with Gasteiger partial charge in [0.15, 0.2) is 0 Å². The Hall–Kier alpha value is -0.0800. The average Bonchev–Trinajstić information content (AvgIpc) is 2.45. The molecule has 124 valence electrons. The van der Waals surface area contributed by atoms with Gasteiger partial charge in [-0.1, -0.05) is 78.1 Å². The highest BCUT2D eigenvalue weighted by Crippen LogP contribution is 2.06. The highest BCUT2D eigenvalue weighted by molar-refractivity contribution is 4.45. The van der Waals surface area contributed by atoms with Crippen LogP contribution in [0.5, 0.6) is 0 Å². The van der Waals surface area contributed by atoms with Gasteiger partial charge in [-0.3, -0.25) is 0 Å². The van der Waals surface area contributed by atoms with Crippen LogP contribution in [0, 0.1) is 0 Å². The molecule has 0 rings (SSSR count). The third-order valence-corrected chi connectivity index (χ3v) is 3.28. The van der Waals surface area contributed by atoms with Gasteiger partial charge in [0.25, 0.3) is 0 Å². The van der Waals surface area contributed by atoms with Crippen LogP contribution in [-0.4, -0.2) is 27.4 Å². The maximum Gasteiger partial charge on any atom is 0.0466 e. The average molecular weight is 289 g/mol. The first-order chi connectivity index (χ1) is 9.83. The SMILES string of the molecule is CCCCCCCCOCCCCCCCC.COC. The van der Waals surface area contributed by atoms with Gasteiger partial charge >= 0.3 is 0 Å². The highest BCUT2D eigenvalue weighted by atomic mass is 16.5. The number of methoxy groups -OCH3 is 1. The number of ether oxygens (including phenoxy) is 2. The quantitative estimate of drug-likeness (QED) is 0.366. The second-order valence-electron chi connectivity index (χ2n) is 5.56. The largest absolute Gasteiger partial charge is 0.388 e. The Morgan fingerprint density at radius 2 is 0.800 bits per heavy atom. The molecule has 0 radical (unpaired) electrons. The Bertz CT molecular complexity index is 123. The van der Waals surface area contributed by atoms with Crippen LogP contribution < -0.4 is 0 Å². The van der Waals surface area contributed by atoms with E-state index in [2.05, 4.69) is 18.6 Å². The zero-order chi connectivity index (χ0) is 15.3. The van der Waals surface area contributed by atoms with Crippen molar-refractivity contribution >= 4 is 0 Å². The van der Waals surface area contributed by atoms with E-state index in [-0.39, 0.29) is 0 Å². The monoisotopic (exact) mass is 288 g/mol. The fourth-order valence-corrected chi connectivity index (χ4v) is 2.07. The summed E-state index contributed by atoms with van der Waals surface area (Å²) >= 11 is 0. The Labute approximate surface area is 128 Å². The summed E-state index contributed by atoms with van der Waals surface area (Å²) in [6.07, 6.45) is 16.3. The van der Waals surface area contributed by atoms with E-state index < -0.39 is 0 Å². The second kappa shape index (κ2) is 24.0. The topological polar surface area (TPSA) is 18.5 Å². The van der Waals surface area contributed by atoms with E-state index in [1.165, 1.54) is 77.0 Å². The van der Waals surface area contributed by atoms with Crippen molar-refractivity contribution in [2.75, 3.05) is 27.4 Å². The van der Waals surface area contributed by atoms with E-state index >= 15 is 0 Å². The lowest BCUT2D eigenvalue weighted by atomic mass is 10.1. The van der Waals surface area contributed by atoms with Crippen LogP contribution in [0.1, 0.15) is 90.9 Å². The smallest absolute Gasteiger partial charge is 0.0466 e. The van der Waals surface area contributed by atoms with E-state index in [0.29, 0.717) is 0 Å². The standard InChI is InChI=1S/C16H34O.C2H6O/c1-3-5-7-9-11-13-15-17-16-14-12-10-8-6-4-2;1-3-2/h3-16H2,1-2H3;1-2H3. The minimum Gasteiger partial charge on any atom is -0.388 e. The molecule has 0 aromatic rings. The lowest BCUT2D eigenvalue weighted by Gasteiger charge is -2.04. The predicted molar refractivity (Wildman–Crippen MR) is 90.5 cm³/mol. The van der Waals surface area contributed by atoms with Crippen molar-refractivity contribution in [3.05, 3.63) is 0 Å². The molecule has 0 amide bonds. The molecule has 0 spiro atoms. The number of unbranched alkanes of at least 4 members (excludes halogenated alkanes) is 10. The molecule has 0 bridgehead atoms. The van der Waals surface area contributed by atoms with Gasteiger partial charge in [-0.2, -0.15) is 0 Å². The minimum absolute atomic E-state index is 0.987. The van der Waals surface area contributed by atoms with Gasteiger partial charge in [-0.05, 0) is 12.8 Å². The molecule has 2 heteroatoms. The van der Waals surface area contributed by atoms with Crippen molar-refractivity contribution in [1.82, 2.24) is 0 Å². The maximum atomic E-state index is 5.65. The molecule has 0 unspecified atom stereocenters. The lowest BCUT2D eigenvalue weighted by Crippen LogP contribution is -1.97. The first-order valence-corrected chi connectivity index (χ1v) is 8.81. The van der Waals surface area contributed by atoms with E-state index in [0.717, 1.165) is 13.2 Å². The summed E-state index contributed by atoms with van der Waals surface area (Å²) in [5.74, 6) is 0. The van der Waals surface area contributed by atoms with Crippen molar-refractivity contribution < 1.29 is 9.47 Å². The highest BCUT2D eigenvalue weighted by Gasteiger charge is 1.92. The number of rotatable bonds is 14. The van der Waals surface area contributed by atoms with E-state index in [9.17, 15) is 0 Å². The Morgan fingerprint density at radius 3 is 1.15 bits per heavy atom. The molecule has 0 aromatic heterocycles. The molecule has 0 aromatic carbocycles.